The van der Waals surface area contributed by atoms with E-state index in [1.807, 2.05) is 6.92 Å². The van der Waals surface area contributed by atoms with Crippen molar-refractivity contribution in [3.05, 3.63) is 12.2 Å². The number of carbonyl (C=O) groups excluding carboxylic acids is 1. The van der Waals surface area contributed by atoms with Crippen molar-refractivity contribution in [2.45, 2.75) is 46.0 Å². The van der Waals surface area contributed by atoms with Crippen LogP contribution < -0.4 is 0 Å². The fraction of sp³-hybridized carbons (Fsp3) is 0.700. The van der Waals surface area contributed by atoms with Crippen molar-refractivity contribution in [1.29, 1.82) is 0 Å². The maximum Gasteiger partial charge on any atom is 0.157 e. The Hall–Kier alpha value is -0.590. The van der Waals surface area contributed by atoms with Gasteiger partial charge in [-0.15, -0.1) is 0 Å². The van der Waals surface area contributed by atoms with E-state index in [2.05, 4.69) is 13.5 Å². The molecule has 1 heteroatoms. The minimum atomic E-state index is 0.223. The molecule has 0 rings (SSSR count). The highest BCUT2D eigenvalue weighted by molar-refractivity contribution is 5.94. The lowest BCUT2D eigenvalue weighted by molar-refractivity contribution is -0.115. The van der Waals surface area contributed by atoms with Gasteiger partial charge in [0.05, 0.1) is 0 Å². The number of ketones is 1. The van der Waals surface area contributed by atoms with E-state index >= 15 is 0 Å². The van der Waals surface area contributed by atoms with Gasteiger partial charge in [-0.25, -0.2) is 0 Å². The number of Topliss-reactive ketones (excluding diaryl/α,β-unsaturated/α-hetero) is 1. The minimum absolute atomic E-state index is 0.223. The van der Waals surface area contributed by atoms with E-state index in [0.29, 0.717) is 6.42 Å². The van der Waals surface area contributed by atoms with Gasteiger partial charge in [0.1, 0.15) is 0 Å². The second kappa shape index (κ2) is 6.14. The second-order valence-corrected chi connectivity index (χ2v) is 2.84. The van der Waals surface area contributed by atoms with Crippen LogP contribution in [0.15, 0.2) is 12.2 Å². The molecule has 0 spiro atoms. The summed E-state index contributed by atoms with van der Waals surface area (Å²) in [5.74, 6) is 0.223. The van der Waals surface area contributed by atoms with Crippen LogP contribution in [-0.2, 0) is 4.79 Å². The second-order valence-electron chi connectivity index (χ2n) is 2.84. The fourth-order valence-electron chi connectivity index (χ4n) is 0.978. The average Bonchev–Trinajstić information content (AvgIpc) is 2.03. The van der Waals surface area contributed by atoms with Crippen LogP contribution in [0.2, 0.25) is 0 Å². The third kappa shape index (κ3) is 4.77. The van der Waals surface area contributed by atoms with E-state index < -0.39 is 0 Å². The molecule has 0 aliphatic rings. The first-order valence-corrected chi connectivity index (χ1v) is 4.43. The molecule has 0 radical (unpaired) electrons. The van der Waals surface area contributed by atoms with Crippen molar-refractivity contribution in [3.63, 3.8) is 0 Å². The zero-order valence-electron chi connectivity index (χ0n) is 7.65. The van der Waals surface area contributed by atoms with Gasteiger partial charge in [0, 0.05) is 6.42 Å². The third-order valence-corrected chi connectivity index (χ3v) is 1.80. The van der Waals surface area contributed by atoms with Crippen LogP contribution in [0.4, 0.5) is 0 Å². The predicted octanol–water partition coefficient (Wildman–Crippen LogP) is 3.10. The molecule has 0 fully saturated rings. The number of rotatable bonds is 6. The zero-order valence-corrected chi connectivity index (χ0v) is 7.65. The predicted molar refractivity (Wildman–Crippen MR) is 48.6 cm³/mol. The lowest BCUT2D eigenvalue weighted by Gasteiger charge is -2.00. The molecule has 0 saturated carbocycles. The van der Waals surface area contributed by atoms with E-state index in [4.69, 9.17) is 0 Å². The Bertz CT molecular complexity index is 136. The smallest absolute Gasteiger partial charge is 0.157 e. The Kier molecular flexibility index (Phi) is 5.81. The Morgan fingerprint density at radius 3 is 2.36 bits per heavy atom. The fourth-order valence-corrected chi connectivity index (χ4v) is 0.978. The number of allylic oxidation sites excluding steroid dienone is 1. The maximum absolute atomic E-state index is 11.0. The van der Waals surface area contributed by atoms with E-state index in [1.165, 1.54) is 12.8 Å². The number of hydrogen-bond donors (Lipinski definition) is 0. The molecule has 0 heterocycles. The first kappa shape index (κ1) is 10.4. The Morgan fingerprint density at radius 2 is 1.91 bits per heavy atom. The highest BCUT2D eigenvalue weighted by Crippen LogP contribution is 2.08. The first-order valence-electron chi connectivity index (χ1n) is 4.43. The van der Waals surface area contributed by atoms with Crippen LogP contribution in [0.1, 0.15) is 46.0 Å². The monoisotopic (exact) mass is 154 g/mol. The van der Waals surface area contributed by atoms with Gasteiger partial charge in [-0.05, 0) is 18.4 Å². The molecular weight excluding hydrogens is 136 g/mol. The SMILES string of the molecule is C=C(CCCCC)C(=O)CC. The molecule has 0 N–H and O–H groups in total. The molecule has 0 atom stereocenters. The van der Waals surface area contributed by atoms with Crippen LogP contribution >= 0.6 is 0 Å². The van der Waals surface area contributed by atoms with Gasteiger partial charge in [-0.3, -0.25) is 4.79 Å². The van der Waals surface area contributed by atoms with Gasteiger partial charge < -0.3 is 0 Å². The molecule has 0 aliphatic carbocycles. The average molecular weight is 154 g/mol. The quantitative estimate of drug-likeness (QED) is 0.424. The molecule has 0 aliphatic heterocycles. The summed E-state index contributed by atoms with van der Waals surface area (Å²) in [5, 5.41) is 0. The summed E-state index contributed by atoms with van der Waals surface area (Å²) in [7, 11) is 0. The van der Waals surface area contributed by atoms with Gasteiger partial charge in [-0.2, -0.15) is 0 Å². The molecule has 1 nitrogen and oxygen atoms in total. The van der Waals surface area contributed by atoms with Crippen LogP contribution in [0.3, 0.4) is 0 Å². The molecule has 0 amide bonds. The molecule has 64 valence electrons. The summed E-state index contributed by atoms with van der Waals surface area (Å²) in [4.78, 5) is 11.0. The van der Waals surface area contributed by atoms with Crippen LogP contribution in [-0.4, -0.2) is 5.78 Å². The molecule has 0 aromatic rings. The molecule has 0 bridgehead atoms. The topological polar surface area (TPSA) is 17.1 Å². The standard InChI is InChI=1S/C10H18O/c1-4-6-7-8-9(3)10(11)5-2/h3-8H2,1-2H3. The summed E-state index contributed by atoms with van der Waals surface area (Å²) in [5.41, 5.74) is 0.806. The van der Waals surface area contributed by atoms with Gasteiger partial charge in [0.25, 0.3) is 0 Å². The maximum atomic E-state index is 11.0. The molecule has 0 unspecified atom stereocenters. The normalized spacial score (nSPS) is 9.64. The first-order chi connectivity index (χ1) is 5.22. The highest BCUT2D eigenvalue weighted by atomic mass is 16.1. The van der Waals surface area contributed by atoms with Crippen LogP contribution in [0, 0.1) is 0 Å². The molecule has 0 aromatic heterocycles. The highest BCUT2D eigenvalue weighted by Gasteiger charge is 2.02. The van der Waals surface area contributed by atoms with E-state index in [1.54, 1.807) is 0 Å². The van der Waals surface area contributed by atoms with E-state index in [0.717, 1.165) is 18.4 Å². The van der Waals surface area contributed by atoms with Gasteiger partial charge in [0.15, 0.2) is 5.78 Å². The lowest BCUT2D eigenvalue weighted by Crippen LogP contribution is -1.98. The molecule has 0 saturated heterocycles. The van der Waals surface area contributed by atoms with Crippen molar-refractivity contribution < 1.29 is 4.79 Å². The summed E-state index contributed by atoms with van der Waals surface area (Å²) >= 11 is 0. The number of hydrogen-bond acceptors (Lipinski definition) is 1. The van der Waals surface area contributed by atoms with E-state index in [-0.39, 0.29) is 5.78 Å². The van der Waals surface area contributed by atoms with Crippen molar-refractivity contribution in [2.75, 3.05) is 0 Å². The number of carbonyl (C=O) groups is 1. The van der Waals surface area contributed by atoms with Gasteiger partial charge >= 0.3 is 0 Å². The molecular formula is C10H18O. The van der Waals surface area contributed by atoms with E-state index in [9.17, 15) is 4.79 Å². The van der Waals surface area contributed by atoms with Crippen molar-refractivity contribution in [2.24, 2.45) is 0 Å². The van der Waals surface area contributed by atoms with Crippen molar-refractivity contribution >= 4 is 5.78 Å². The Labute approximate surface area is 69.5 Å². The largest absolute Gasteiger partial charge is 0.295 e. The van der Waals surface area contributed by atoms with Crippen LogP contribution in [0.5, 0.6) is 0 Å². The summed E-state index contributed by atoms with van der Waals surface area (Å²) < 4.78 is 0. The Morgan fingerprint density at radius 1 is 1.27 bits per heavy atom. The Balaban J connectivity index is 3.44. The minimum Gasteiger partial charge on any atom is -0.295 e. The molecule has 11 heavy (non-hydrogen) atoms. The summed E-state index contributed by atoms with van der Waals surface area (Å²) in [6.45, 7) is 7.79. The molecule has 0 aromatic carbocycles. The van der Waals surface area contributed by atoms with Crippen molar-refractivity contribution in [3.8, 4) is 0 Å². The number of unbranched alkanes of at least 4 members (excludes halogenated alkanes) is 2. The summed E-state index contributed by atoms with van der Waals surface area (Å²) in [6.07, 6.45) is 5.01. The lowest BCUT2D eigenvalue weighted by atomic mass is 10.0. The van der Waals surface area contributed by atoms with Gasteiger partial charge in [-0.1, -0.05) is 33.3 Å². The van der Waals surface area contributed by atoms with Crippen LogP contribution in [0.25, 0.3) is 0 Å². The van der Waals surface area contributed by atoms with Crippen molar-refractivity contribution in [1.82, 2.24) is 0 Å². The summed E-state index contributed by atoms with van der Waals surface area (Å²) in [6, 6.07) is 0. The third-order valence-electron chi connectivity index (χ3n) is 1.80. The van der Waals surface area contributed by atoms with Gasteiger partial charge in [0.2, 0.25) is 0 Å². The zero-order chi connectivity index (χ0) is 8.69.